The molecule has 0 fully saturated rings. The SMILES string of the molecule is O=c1cc(-c2cc(Cl)cc(Cl)c2)o[n+](=O)n1-c1ccc(Cl)cc1. The van der Waals surface area contributed by atoms with Crippen molar-refractivity contribution < 1.29 is 9.24 Å². The molecule has 116 valence electrons. The van der Waals surface area contributed by atoms with Crippen molar-refractivity contribution in [3.8, 4) is 17.0 Å². The molecule has 23 heavy (non-hydrogen) atoms. The van der Waals surface area contributed by atoms with Gasteiger partial charge < -0.3 is 0 Å². The third-order valence-corrected chi connectivity index (χ3v) is 3.71. The molecule has 0 bridgehead atoms. The van der Waals surface area contributed by atoms with Crippen LogP contribution in [0.25, 0.3) is 17.0 Å². The Labute approximate surface area is 144 Å². The molecule has 5 nitrogen and oxygen atoms in total. The average Bonchev–Trinajstić information content (AvgIpc) is 2.47. The maximum Gasteiger partial charge on any atom is 0.378 e. The standard InChI is InChI=1S/C15H8Cl3N2O3/c16-10-1-3-13(4-2-10)19-15(21)8-14(23-20(19)22)9-5-11(17)7-12(18)6-9/h1-8H/q+1. The van der Waals surface area contributed by atoms with Crippen molar-refractivity contribution in [3.05, 3.63) is 78.9 Å². The van der Waals surface area contributed by atoms with Gasteiger partial charge in [-0.3, -0.25) is 4.79 Å². The fourth-order valence-corrected chi connectivity index (χ4v) is 2.69. The average molecular weight is 371 g/mol. The molecule has 1 aromatic heterocycles. The highest BCUT2D eigenvalue weighted by Crippen LogP contribution is 2.25. The summed E-state index contributed by atoms with van der Waals surface area (Å²) in [7, 11) is 0. The highest BCUT2D eigenvalue weighted by atomic mass is 35.5. The largest absolute Gasteiger partial charge is 0.378 e. The molecule has 0 amide bonds. The number of halogens is 3. The Morgan fingerprint density at radius 3 is 2.04 bits per heavy atom. The highest BCUT2D eigenvalue weighted by molar-refractivity contribution is 6.35. The molecule has 0 spiro atoms. The first-order valence-electron chi connectivity index (χ1n) is 6.37. The lowest BCUT2D eigenvalue weighted by Crippen LogP contribution is -2.39. The Morgan fingerprint density at radius 2 is 1.48 bits per heavy atom. The predicted octanol–water partition coefficient (Wildman–Crippen LogP) is 3.97. The molecule has 1 heterocycles. The van der Waals surface area contributed by atoms with Crippen molar-refractivity contribution in [2.75, 3.05) is 0 Å². The van der Waals surface area contributed by atoms with E-state index in [9.17, 15) is 9.70 Å². The van der Waals surface area contributed by atoms with Crippen LogP contribution in [0.4, 0.5) is 0 Å². The van der Waals surface area contributed by atoms with Crippen molar-refractivity contribution >= 4 is 34.8 Å². The summed E-state index contributed by atoms with van der Waals surface area (Å²) in [5.74, 6) is 0.0552. The van der Waals surface area contributed by atoms with E-state index in [1.165, 1.54) is 24.3 Å². The lowest BCUT2D eigenvalue weighted by atomic mass is 10.2. The first-order valence-corrected chi connectivity index (χ1v) is 7.50. The first kappa shape index (κ1) is 15.8. The molecular formula is C15H8Cl3N2O3+. The van der Waals surface area contributed by atoms with E-state index < -0.39 is 5.56 Å². The second kappa shape index (κ2) is 6.20. The highest BCUT2D eigenvalue weighted by Gasteiger charge is 2.18. The van der Waals surface area contributed by atoms with Crippen molar-refractivity contribution in [1.29, 1.82) is 0 Å². The van der Waals surface area contributed by atoms with Gasteiger partial charge in [-0.05, 0) is 42.5 Å². The zero-order valence-electron chi connectivity index (χ0n) is 11.4. The summed E-state index contributed by atoms with van der Waals surface area (Å²) in [4.78, 5) is 24.4. The fourth-order valence-electron chi connectivity index (χ4n) is 2.04. The zero-order chi connectivity index (χ0) is 16.6. The normalized spacial score (nSPS) is 10.7. The molecule has 8 heteroatoms. The zero-order valence-corrected chi connectivity index (χ0v) is 13.6. The molecule has 3 aromatic rings. The number of rotatable bonds is 2. The van der Waals surface area contributed by atoms with Gasteiger partial charge in [0.15, 0.2) is 0 Å². The van der Waals surface area contributed by atoms with Crippen LogP contribution in [0.5, 0.6) is 0 Å². The van der Waals surface area contributed by atoms with E-state index in [1.54, 1.807) is 24.3 Å². The first-order chi connectivity index (χ1) is 10.9. The van der Waals surface area contributed by atoms with Crippen LogP contribution in [-0.2, 0) is 0 Å². The van der Waals surface area contributed by atoms with Crippen LogP contribution in [-0.4, -0.2) is 4.68 Å². The van der Waals surface area contributed by atoms with Crippen LogP contribution in [0.1, 0.15) is 0 Å². The molecular weight excluding hydrogens is 363 g/mol. The van der Waals surface area contributed by atoms with Gasteiger partial charge in [0, 0.05) is 25.3 Å². The molecule has 0 radical (unpaired) electrons. The monoisotopic (exact) mass is 369 g/mol. The van der Waals surface area contributed by atoms with Crippen LogP contribution >= 0.6 is 34.8 Å². The minimum absolute atomic E-state index is 0.0552. The smallest absolute Gasteiger partial charge is 0.263 e. The van der Waals surface area contributed by atoms with E-state index in [1.807, 2.05) is 0 Å². The third-order valence-electron chi connectivity index (χ3n) is 3.02. The molecule has 0 atom stereocenters. The van der Waals surface area contributed by atoms with Crippen LogP contribution in [0.15, 0.2) is 57.8 Å². The van der Waals surface area contributed by atoms with Crippen molar-refractivity contribution in [2.45, 2.75) is 0 Å². The molecule has 0 saturated heterocycles. The van der Waals surface area contributed by atoms with E-state index in [0.29, 0.717) is 26.3 Å². The summed E-state index contributed by atoms with van der Waals surface area (Å²) in [5.41, 5.74) is 0.181. The fraction of sp³-hybridized carbons (Fsp3) is 0. The number of nitrogens with zero attached hydrogens (tertiary/aromatic N) is 2. The Kier molecular flexibility index (Phi) is 4.26. The van der Waals surface area contributed by atoms with E-state index in [-0.39, 0.29) is 10.5 Å². The van der Waals surface area contributed by atoms with Gasteiger partial charge in [0.2, 0.25) is 5.76 Å². The number of benzene rings is 2. The van der Waals surface area contributed by atoms with E-state index in [4.69, 9.17) is 39.3 Å². The van der Waals surface area contributed by atoms with Gasteiger partial charge in [-0.1, -0.05) is 34.8 Å². The Hall–Kier alpha value is -2.08. The summed E-state index contributed by atoms with van der Waals surface area (Å²) in [5, 5.41) is 1.21. The van der Waals surface area contributed by atoms with Gasteiger partial charge in [0.1, 0.15) is 10.6 Å². The van der Waals surface area contributed by atoms with Crippen LogP contribution in [0, 0.1) is 4.91 Å². The van der Waals surface area contributed by atoms with E-state index >= 15 is 0 Å². The summed E-state index contributed by atoms with van der Waals surface area (Å²) in [6, 6.07) is 12.0. The summed E-state index contributed by atoms with van der Waals surface area (Å²) in [6.45, 7) is 0. The van der Waals surface area contributed by atoms with Crippen LogP contribution in [0.2, 0.25) is 15.1 Å². The van der Waals surface area contributed by atoms with Gasteiger partial charge in [-0.2, -0.15) is 4.52 Å². The molecule has 0 aliphatic heterocycles. The summed E-state index contributed by atoms with van der Waals surface area (Å²) in [6.07, 6.45) is 0. The van der Waals surface area contributed by atoms with Crippen molar-refractivity contribution in [1.82, 2.24) is 4.68 Å². The number of hydrogen-bond acceptors (Lipinski definition) is 3. The predicted molar refractivity (Wildman–Crippen MR) is 88.1 cm³/mol. The molecule has 0 saturated carbocycles. The molecule has 0 aliphatic rings. The topological polar surface area (TPSA) is 58.1 Å². The van der Waals surface area contributed by atoms with Gasteiger partial charge in [0.05, 0.1) is 6.07 Å². The minimum Gasteiger partial charge on any atom is -0.263 e. The lowest BCUT2D eigenvalue weighted by Gasteiger charge is -2.00. The van der Waals surface area contributed by atoms with Gasteiger partial charge in [-0.25, -0.2) is 0 Å². The summed E-state index contributed by atoms with van der Waals surface area (Å²) < 4.78 is 6.06. The van der Waals surface area contributed by atoms with E-state index in [2.05, 4.69) is 0 Å². The van der Waals surface area contributed by atoms with Gasteiger partial charge in [0.25, 0.3) is 0 Å². The molecule has 0 aliphatic carbocycles. The maximum atomic E-state index is 12.3. The molecule has 2 aromatic carbocycles. The van der Waals surface area contributed by atoms with Crippen molar-refractivity contribution in [3.63, 3.8) is 0 Å². The number of hydrogen-bond donors (Lipinski definition) is 0. The molecule has 0 N–H and O–H groups in total. The second-order valence-electron chi connectivity index (χ2n) is 4.62. The van der Waals surface area contributed by atoms with Crippen molar-refractivity contribution in [2.24, 2.45) is 0 Å². The second-order valence-corrected chi connectivity index (χ2v) is 5.93. The minimum atomic E-state index is -0.570. The lowest BCUT2D eigenvalue weighted by molar-refractivity contribution is -0.775. The Morgan fingerprint density at radius 1 is 0.870 bits per heavy atom. The van der Waals surface area contributed by atoms with Crippen LogP contribution < -0.4 is 10.3 Å². The van der Waals surface area contributed by atoms with Gasteiger partial charge in [-0.15, -0.1) is 0 Å². The number of aromatic nitrogens is 2. The maximum absolute atomic E-state index is 12.3. The van der Waals surface area contributed by atoms with Gasteiger partial charge >= 0.3 is 10.3 Å². The van der Waals surface area contributed by atoms with E-state index in [0.717, 1.165) is 4.68 Å². The Bertz CT molecular complexity index is 943. The molecule has 3 rings (SSSR count). The summed E-state index contributed by atoms with van der Waals surface area (Å²) >= 11 is 17.6. The van der Waals surface area contributed by atoms with Crippen LogP contribution in [0.3, 0.4) is 0 Å². The Balaban J connectivity index is 2.16. The quantitative estimate of drug-likeness (QED) is 0.686. The third kappa shape index (κ3) is 3.32. The molecule has 0 unspecified atom stereocenters.